The molecule has 0 atom stereocenters. The first kappa shape index (κ1) is 22.0. The largest absolute Gasteiger partial charge is 0.311 e. The van der Waals surface area contributed by atoms with Gasteiger partial charge in [0.05, 0.1) is 16.1 Å². The van der Waals surface area contributed by atoms with E-state index in [9.17, 15) is 13.2 Å². The van der Waals surface area contributed by atoms with Crippen molar-refractivity contribution in [1.82, 2.24) is 14.1 Å². The van der Waals surface area contributed by atoms with Crippen LogP contribution in [-0.4, -0.2) is 41.5 Å². The second-order valence-corrected chi connectivity index (χ2v) is 11.6. The number of amides is 1. The van der Waals surface area contributed by atoms with Gasteiger partial charge in [-0.2, -0.15) is 9.40 Å². The number of carbonyl (C=O) groups is 1. The first-order valence-corrected chi connectivity index (χ1v) is 12.5. The lowest BCUT2D eigenvalue weighted by Crippen LogP contribution is -2.41. The molecule has 1 aliphatic heterocycles. The molecule has 2 aromatic rings. The molecule has 31 heavy (non-hydrogen) atoms. The Morgan fingerprint density at radius 1 is 1.10 bits per heavy atom. The normalized spacial score (nSPS) is 18.2. The van der Waals surface area contributed by atoms with E-state index >= 15 is 0 Å². The van der Waals surface area contributed by atoms with E-state index in [1.165, 1.54) is 9.87 Å². The van der Waals surface area contributed by atoms with Crippen molar-refractivity contribution in [3.63, 3.8) is 0 Å². The molecule has 168 valence electrons. The van der Waals surface area contributed by atoms with E-state index in [0.29, 0.717) is 36.6 Å². The molecule has 1 aliphatic carbocycles. The van der Waals surface area contributed by atoms with Crippen LogP contribution in [0.5, 0.6) is 0 Å². The minimum Gasteiger partial charge on any atom is -0.311 e. The lowest BCUT2D eigenvalue weighted by molar-refractivity contribution is -0.121. The second-order valence-electron chi connectivity index (χ2n) is 9.71. The molecule has 1 aromatic carbocycles. The van der Waals surface area contributed by atoms with Crippen LogP contribution in [0.1, 0.15) is 56.9 Å². The number of carbonyl (C=O) groups excluding carboxylic acids is 1. The number of piperidine rings is 1. The molecule has 2 heterocycles. The SMILES string of the molecule is Cc1cc(NC(=O)C2CCN(S(=O)(=O)c3ccc4c(c3)CCC4)CC2)n(C(C)(C)C)n1. The summed E-state index contributed by atoms with van der Waals surface area (Å²) in [5.41, 5.74) is 3.02. The summed E-state index contributed by atoms with van der Waals surface area (Å²) in [6, 6.07) is 7.40. The van der Waals surface area contributed by atoms with Crippen molar-refractivity contribution in [2.24, 2.45) is 5.92 Å². The van der Waals surface area contributed by atoms with E-state index in [1.807, 2.05) is 50.6 Å². The third-order valence-electron chi connectivity index (χ3n) is 6.25. The van der Waals surface area contributed by atoms with Gasteiger partial charge >= 0.3 is 0 Å². The summed E-state index contributed by atoms with van der Waals surface area (Å²) in [5.74, 6) is 0.401. The number of rotatable bonds is 4. The van der Waals surface area contributed by atoms with Crippen LogP contribution < -0.4 is 5.32 Å². The number of hydrogen-bond acceptors (Lipinski definition) is 4. The molecule has 1 aromatic heterocycles. The van der Waals surface area contributed by atoms with E-state index < -0.39 is 10.0 Å². The van der Waals surface area contributed by atoms with Gasteiger partial charge in [-0.1, -0.05) is 6.07 Å². The number of anilines is 1. The Hall–Kier alpha value is -2.19. The molecule has 0 saturated carbocycles. The van der Waals surface area contributed by atoms with Gasteiger partial charge in [0.25, 0.3) is 0 Å². The summed E-state index contributed by atoms with van der Waals surface area (Å²) >= 11 is 0. The Bertz CT molecular complexity index is 1090. The smallest absolute Gasteiger partial charge is 0.243 e. The summed E-state index contributed by atoms with van der Waals surface area (Å²) in [4.78, 5) is 13.3. The van der Waals surface area contributed by atoms with Gasteiger partial charge in [0.1, 0.15) is 5.82 Å². The van der Waals surface area contributed by atoms with E-state index in [1.54, 1.807) is 6.07 Å². The number of benzene rings is 1. The minimum absolute atomic E-state index is 0.0695. The number of sulfonamides is 1. The highest BCUT2D eigenvalue weighted by Gasteiger charge is 2.33. The number of aryl methyl sites for hydroxylation is 3. The molecular formula is C23H32N4O3S. The monoisotopic (exact) mass is 444 g/mol. The Balaban J connectivity index is 1.41. The van der Waals surface area contributed by atoms with Gasteiger partial charge in [0, 0.05) is 25.1 Å². The number of nitrogens with zero attached hydrogens (tertiary/aromatic N) is 3. The van der Waals surface area contributed by atoms with E-state index in [0.717, 1.165) is 30.5 Å². The summed E-state index contributed by atoms with van der Waals surface area (Å²) in [6.45, 7) is 8.73. The zero-order chi connectivity index (χ0) is 22.4. The van der Waals surface area contributed by atoms with Crippen LogP contribution >= 0.6 is 0 Å². The molecule has 7 nitrogen and oxygen atoms in total. The highest BCUT2D eigenvalue weighted by Crippen LogP contribution is 2.29. The van der Waals surface area contributed by atoms with Crippen LogP contribution in [-0.2, 0) is 33.2 Å². The van der Waals surface area contributed by atoms with Gasteiger partial charge in [0.15, 0.2) is 0 Å². The average Bonchev–Trinajstić information content (AvgIpc) is 3.33. The third-order valence-corrected chi connectivity index (χ3v) is 8.15. The lowest BCUT2D eigenvalue weighted by Gasteiger charge is -2.31. The van der Waals surface area contributed by atoms with E-state index in [4.69, 9.17) is 0 Å². The van der Waals surface area contributed by atoms with Crippen molar-refractivity contribution in [2.75, 3.05) is 18.4 Å². The Morgan fingerprint density at radius 2 is 1.77 bits per heavy atom. The van der Waals surface area contributed by atoms with Gasteiger partial charge < -0.3 is 5.32 Å². The summed E-state index contributed by atoms with van der Waals surface area (Å²) in [5, 5.41) is 7.51. The second kappa shape index (κ2) is 8.06. The molecular weight excluding hydrogens is 412 g/mol. The molecule has 8 heteroatoms. The molecule has 1 saturated heterocycles. The van der Waals surface area contributed by atoms with E-state index in [-0.39, 0.29) is 17.4 Å². The van der Waals surface area contributed by atoms with Crippen LogP contribution in [0, 0.1) is 12.8 Å². The Kier molecular flexibility index (Phi) is 5.72. The summed E-state index contributed by atoms with van der Waals surface area (Å²) in [7, 11) is -3.53. The van der Waals surface area contributed by atoms with Gasteiger partial charge in [-0.3, -0.25) is 4.79 Å². The first-order chi connectivity index (χ1) is 14.6. The standard InChI is InChI=1S/C23H32N4O3S/c1-16-14-21(27(25-16)23(2,3)4)24-22(28)18-10-12-26(13-11-18)31(29,30)20-9-8-17-6-5-7-19(17)15-20/h8-9,14-15,18H,5-7,10-13H2,1-4H3,(H,24,28). The summed E-state index contributed by atoms with van der Waals surface area (Å²) < 4.78 is 29.6. The molecule has 0 bridgehead atoms. The Labute approximate surface area is 184 Å². The molecule has 1 fully saturated rings. The van der Waals surface area contributed by atoms with Crippen molar-refractivity contribution >= 4 is 21.7 Å². The third kappa shape index (κ3) is 4.41. The van der Waals surface area contributed by atoms with Crippen LogP contribution in [0.2, 0.25) is 0 Å². The predicted octanol–water partition coefficient (Wildman–Crippen LogP) is 3.47. The fourth-order valence-electron chi connectivity index (χ4n) is 4.54. The molecule has 0 unspecified atom stereocenters. The van der Waals surface area contributed by atoms with Crippen molar-refractivity contribution in [3.05, 3.63) is 41.1 Å². The van der Waals surface area contributed by atoms with Crippen molar-refractivity contribution in [1.29, 1.82) is 0 Å². The molecule has 1 amide bonds. The van der Waals surface area contributed by atoms with Crippen LogP contribution in [0.15, 0.2) is 29.2 Å². The van der Waals surface area contributed by atoms with Crippen molar-refractivity contribution in [2.45, 2.75) is 70.2 Å². The fourth-order valence-corrected chi connectivity index (χ4v) is 6.07. The molecule has 0 radical (unpaired) electrons. The Morgan fingerprint density at radius 3 is 2.45 bits per heavy atom. The topological polar surface area (TPSA) is 84.3 Å². The maximum absolute atomic E-state index is 13.1. The highest BCUT2D eigenvalue weighted by atomic mass is 32.2. The zero-order valence-corrected chi connectivity index (χ0v) is 19.6. The lowest BCUT2D eigenvalue weighted by atomic mass is 9.97. The van der Waals surface area contributed by atoms with Crippen molar-refractivity contribution in [3.8, 4) is 0 Å². The molecule has 0 spiro atoms. The maximum Gasteiger partial charge on any atom is 0.243 e. The fraction of sp³-hybridized carbons (Fsp3) is 0.565. The number of nitrogens with one attached hydrogen (secondary N) is 1. The quantitative estimate of drug-likeness (QED) is 0.783. The number of aromatic nitrogens is 2. The minimum atomic E-state index is -3.53. The molecule has 2 aliphatic rings. The maximum atomic E-state index is 13.1. The van der Waals surface area contributed by atoms with Gasteiger partial charge in [-0.05, 0) is 83.1 Å². The van der Waals surface area contributed by atoms with Crippen LogP contribution in [0.25, 0.3) is 0 Å². The van der Waals surface area contributed by atoms with Crippen LogP contribution in [0.3, 0.4) is 0 Å². The number of hydrogen-bond donors (Lipinski definition) is 1. The first-order valence-electron chi connectivity index (χ1n) is 11.1. The number of fused-ring (bicyclic) bond motifs is 1. The highest BCUT2D eigenvalue weighted by molar-refractivity contribution is 7.89. The van der Waals surface area contributed by atoms with Gasteiger partial charge in [0.2, 0.25) is 15.9 Å². The van der Waals surface area contributed by atoms with Gasteiger partial charge in [-0.15, -0.1) is 0 Å². The average molecular weight is 445 g/mol. The van der Waals surface area contributed by atoms with Gasteiger partial charge in [-0.25, -0.2) is 13.1 Å². The molecule has 1 N–H and O–H groups in total. The zero-order valence-electron chi connectivity index (χ0n) is 18.8. The van der Waals surface area contributed by atoms with E-state index in [2.05, 4.69) is 10.4 Å². The summed E-state index contributed by atoms with van der Waals surface area (Å²) in [6.07, 6.45) is 4.10. The molecule has 4 rings (SSSR count). The predicted molar refractivity (Wildman–Crippen MR) is 121 cm³/mol. The van der Waals surface area contributed by atoms with Crippen molar-refractivity contribution < 1.29 is 13.2 Å². The van der Waals surface area contributed by atoms with Crippen LogP contribution in [0.4, 0.5) is 5.82 Å².